The number of anilines is 2. The van der Waals surface area contributed by atoms with Gasteiger partial charge in [-0.25, -0.2) is 4.79 Å². The Hall–Kier alpha value is -2.50. The Morgan fingerprint density at radius 2 is 2.26 bits per heavy atom. The molecule has 0 aliphatic carbocycles. The molecule has 23 heavy (non-hydrogen) atoms. The van der Waals surface area contributed by atoms with Crippen molar-refractivity contribution in [1.29, 1.82) is 0 Å². The molecule has 0 radical (unpaired) electrons. The van der Waals surface area contributed by atoms with Gasteiger partial charge >= 0.3 is 6.09 Å². The molecule has 0 fully saturated rings. The van der Waals surface area contributed by atoms with Crippen LogP contribution in [-0.2, 0) is 9.53 Å². The molecule has 0 unspecified atom stereocenters. The fourth-order valence-electron chi connectivity index (χ4n) is 2.32. The number of ether oxygens (including phenoxy) is 2. The zero-order valence-corrected chi connectivity index (χ0v) is 13.7. The largest absolute Gasteiger partial charge is 0.490 e. The van der Waals surface area contributed by atoms with Crippen molar-refractivity contribution < 1.29 is 19.1 Å². The van der Waals surface area contributed by atoms with Gasteiger partial charge in [-0.3, -0.25) is 10.1 Å². The summed E-state index contributed by atoms with van der Waals surface area (Å²) in [5.74, 6) is 0.516. The lowest BCUT2D eigenvalue weighted by Gasteiger charge is -2.27. The monoisotopic (exact) mass is 318 g/mol. The molecule has 6 nitrogen and oxygen atoms in total. The third-order valence-corrected chi connectivity index (χ3v) is 3.50. The van der Waals surface area contributed by atoms with Crippen LogP contribution >= 0.6 is 0 Å². The molecule has 2 rings (SSSR count). The molecule has 1 aliphatic heterocycles. The second-order valence-electron chi connectivity index (χ2n) is 5.90. The number of hydrogen-bond acceptors (Lipinski definition) is 4. The number of benzene rings is 1. The highest BCUT2D eigenvalue weighted by atomic mass is 16.5. The number of rotatable bonds is 4. The summed E-state index contributed by atoms with van der Waals surface area (Å²) in [6.07, 6.45) is 1.15. The van der Waals surface area contributed by atoms with E-state index in [9.17, 15) is 9.59 Å². The molecule has 1 aromatic rings. The van der Waals surface area contributed by atoms with E-state index < -0.39 is 11.5 Å². The van der Waals surface area contributed by atoms with Gasteiger partial charge < -0.3 is 14.4 Å². The van der Waals surface area contributed by atoms with Crippen LogP contribution in [0.3, 0.4) is 0 Å². The first-order valence-corrected chi connectivity index (χ1v) is 7.52. The zero-order valence-electron chi connectivity index (χ0n) is 13.7. The molecule has 1 aliphatic rings. The number of nitrogens with one attached hydrogen (secondary N) is 1. The third kappa shape index (κ3) is 3.64. The molecule has 124 valence electrons. The molecule has 0 aromatic heterocycles. The van der Waals surface area contributed by atoms with Crippen LogP contribution in [0.25, 0.3) is 0 Å². The lowest BCUT2D eigenvalue weighted by molar-refractivity contribution is -0.127. The average Bonchev–Trinajstić information content (AvgIpc) is 2.58. The summed E-state index contributed by atoms with van der Waals surface area (Å²) in [5, 5.41) is 2.63. The fraction of sp³-hybridized carbons (Fsp3) is 0.412. The van der Waals surface area contributed by atoms with E-state index in [0.717, 1.165) is 0 Å². The van der Waals surface area contributed by atoms with E-state index in [-0.39, 0.29) is 12.5 Å². The summed E-state index contributed by atoms with van der Waals surface area (Å²) < 4.78 is 10.7. The maximum atomic E-state index is 12.7. The molecule has 0 saturated carbocycles. The predicted octanol–water partition coefficient (Wildman–Crippen LogP) is 3.19. The molecule has 2 amide bonds. The number of hydrogen-bond donors (Lipinski definition) is 1. The quantitative estimate of drug-likeness (QED) is 0.866. The maximum Gasteiger partial charge on any atom is 0.411 e. The minimum Gasteiger partial charge on any atom is -0.490 e. The molecule has 1 heterocycles. The van der Waals surface area contributed by atoms with Crippen molar-refractivity contribution in [2.24, 2.45) is 5.41 Å². The van der Waals surface area contributed by atoms with E-state index in [1.807, 2.05) is 13.8 Å². The minimum atomic E-state index is -0.642. The number of amides is 2. The van der Waals surface area contributed by atoms with Crippen molar-refractivity contribution >= 4 is 23.4 Å². The number of carbonyl (C=O) groups is 2. The Morgan fingerprint density at radius 3 is 2.91 bits per heavy atom. The Labute approximate surface area is 136 Å². The number of carbonyl (C=O) groups excluding carboxylic acids is 2. The van der Waals surface area contributed by atoms with E-state index >= 15 is 0 Å². The van der Waals surface area contributed by atoms with E-state index in [1.165, 1.54) is 0 Å². The Kier molecular flexibility index (Phi) is 4.93. The summed E-state index contributed by atoms with van der Waals surface area (Å²) in [6.45, 7) is 10.1. The molecule has 0 saturated heterocycles. The van der Waals surface area contributed by atoms with Gasteiger partial charge in [0.15, 0.2) is 0 Å². The Balaban J connectivity index is 2.35. The topological polar surface area (TPSA) is 67.9 Å². The van der Waals surface area contributed by atoms with Crippen molar-refractivity contribution in [1.82, 2.24) is 0 Å². The summed E-state index contributed by atoms with van der Waals surface area (Å²) in [6, 6.07) is 5.15. The first-order valence-electron chi connectivity index (χ1n) is 7.52. The standard InChI is InChI=1S/C17H22N2O4/c1-5-9-19-13-8-7-12(18-16(21)22-6-2)10-14(13)23-11-17(3,4)15(19)20/h5,7-8,10H,1,6,9,11H2,2-4H3,(H,18,21). The van der Waals surface area contributed by atoms with Gasteiger partial charge in [0.1, 0.15) is 12.4 Å². The highest BCUT2D eigenvalue weighted by Gasteiger charge is 2.37. The predicted molar refractivity (Wildman–Crippen MR) is 88.9 cm³/mol. The molecule has 0 bridgehead atoms. The van der Waals surface area contributed by atoms with Crippen molar-refractivity contribution in [3.63, 3.8) is 0 Å². The van der Waals surface area contributed by atoms with Crippen LogP contribution in [0.2, 0.25) is 0 Å². The number of fused-ring (bicyclic) bond motifs is 1. The second-order valence-corrected chi connectivity index (χ2v) is 5.90. The lowest BCUT2D eigenvalue weighted by atomic mass is 9.93. The summed E-state index contributed by atoms with van der Waals surface area (Å²) in [5.41, 5.74) is 0.569. The zero-order chi connectivity index (χ0) is 17.0. The highest BCUT2D eigenvalue weighted by molar-refractivity contribution is 6.00. The highest BCUT2D eigenvalue weighted by Crippen LogP contribution is 2.38. The molecule has 0 spiro atoms. The Bertz CT molecular complexity index is 625. The smallest absolute Gasteiger partial charge is 0.411 e. The van der Waals surface area contributed by atoms with Crippen molar-refractivity contribution in [2.45, 2.75) is 20.8 Å². The van der Waals surface area contributed by atoms with E-state index in [4.69, 9.17) is 9.47 Å². The van der Waals surface area contributed by atoms with Gasteiger partial charge in [-0.1, -0.05) is 6.08 Å². The second kappa shape index (κ2) is 6.73. The van der Waals surface area contributed by atoms with Gasteiger partial charge in [-0.05, 0) is 32.9 Å². The van der Waals surface area contributed by atoms with Gasteiger partial charge in [0, 0.05) is 18.3 Å². The first-order chi connectivity index (χ1) is 10.9. The number of nitrogens with zero attached hydrogens (tertiary/aromatic N) is 1. The lowest BCUT2D eigenvalue weighted by Crippen LogP contribution is -2.42. The van der Waals surface area contributed by atoms with Gasteiger partial charge in [0.25, 0.3) is 0 Å². The average molecular weight is 318 g/mol. The normalized spacial score (nSPS) is 16.0. The molecule has 1 N–H and O–H groups in total. The van der Waals surface area contributed by atoms with Gasteiger partial charge in [-0.15, -0.1) is 6.58 Å². The van der Waals surface area contributed by atoms with Crippen LogP contribution in [-0.4, -0.2) is 31.8 Å². The van der Waals surface area contributed by atoms with Gasteiger partial charge in [-0.2, -0.15) is 0 Å². The van der Waals surface area contributed by atoms with Crippen molar-refractivity contribution in [3.8, 4) is 5.75 Å². The van der Waals surface area contributed by atoms with Gasteiger partial charge in [0.05, 0.1) is 17.7 Å². The minimum absolute atomic E-state index is 0.0257. The molecular weight excluding hydrogens is 296 g/mol. The SMILES string of the molecule is C=CCN1C(=O)C(C)(C)COc2cc(NC(=O)OCC)ccc21. The van der Waals surface area contributed by atoms with Crippen LogP contribution < -0.4 is 15.0 Å². The van der Waals surface area contributed by atoms with Crippen LogP contribution in [0.4, 0.5) is 16.2 Å². The van der Waals surface area contributed by atoms with Crippen LogP contribution in [0.15, 0.2) is 30.9 Å². The van der Waals surface area contributed by atoms with Gasteiger partial charge in [0.2, 0.25) is 5.91 Å². The summed E-state index contributed by atoms with van der Waals surface area (Å²) in [7, 11) is 0. The molecular formula is C17H22N2O4. The van der Waals surface area contributed by atoms with Crippen LogP contribution in [0.1, 0.15) is 20.8 Å². The van der Waals surface area contributed by atoms with Crippen LogP contribution in [0, 0.1) is 5.41 Å². The molecule has 6 heteroatoms. The summed E-state index contributed by atoms with van der Waals surface area (Å²) in [4.78, 5) is 25.8. The molecule has 0 atom stereocenters. The third-order valence-electron chi connectivity index (χ3n) is 3.50. The van der Waals surface area contributed by atoms with E-state index in [0.29, 0.717) is 30.3 Å². The first kappa shape index (κ1) is 16.9. The van der Waals surface area contributed by atoms with E-state index in [2.05, 4.69) is 11.9 Å². The van der Waals surface area contributed by atoms with Crippen molar-refractivity contribution in [2.75, 3.05) is 30.0 Å². The molecule has 1 aromatic carbocycles. The maximum absolute atomic E-state index is 12.7. The summed E-state index contributed by atoms with van der Waals surface area (Å²) >= 11 is 0. The Morgan fingerprint density at radius 1 is 1.52 bits per heavy atom. The fourth-order valence-corrected chi connectivity index (χ4v) is 2.32. The van der Waals surface area contributed by atoms with Crippen molar-refractivity contribution in [3.05, 3.63) is 30.9 Å². The van der Waals surface area contributed by atoms with Crippen LogP contribution in [0.5, 0.6) is 5.75 Å². The van der Waals surface area contributed by atoms with E-state index in [1.54, 1.807) is 36.1 Å².